The van der Waals surface area contributed by atoms with Crippen molar-refractivity contribution >= 4 is 16.2 Å². The molecule has 2 rings (SSSR count). The zero-order chi connectivity index (χ0) is 19.0. The summed E-state index contributed by atoms with van der Waals surface area (Å²) in [5.41, 5.74) is -5.05. The molecule has 0 N–H and O–H groups in total. The van der Waals surface area contributed by atoms with Gasteiger partial charge in [0, 0.05) is 18.8 Å². The van der Waals surface area contributed by atoms with Gasteiger partial charge in [0.1, 0.15) is 5.60 Å². The number of pyridine rings is 1. The summed E-state index contributed by atoms with van der Waals surface area (Å²) in [5.74, 6) is -0.665. The van der Waals surface area contributed by atoms with Gasteiger partial charge in [0.2, 0.25) is 5.88 Å². The summed E-state index contributed by atoms with van der Waals surface area (Å²) in [4.78, 5) is 17.1. The molecule has 25 heavy (non-hydrogen) atoms. The number of alkyl halides is 3. The van der Waals surface area contributed by atoms with Gasteiger partial charge in [-0.3, -0.25) is 0 Å². The number of carbonyl (C=O) groups is 1. The first-order valence-electron chi connectivity index (χ1n) is 7.25. The number of ether oxygens (including phenoxy) is 1. The molecule has 0 bridgehead atoms. The number of halogens is 3. The summed E-state index contributed by atoms with van der Waals surface area (Å²) in [6, 6.07) is 1.13. The predicted octanol–water partition coefficient (Wildman–Crippen LogP) is 2.60. The Labute approximate surface area is 142 Å². The smallest absolute Gasteiger partial charge is 0.444 e. The van der Waals surface area contributed by atoms with E-state index in [9.17, 15) is 26.4 Å². The van der Waals surface area contributed by atoms with Crippen LogP contribution in [0, 0.1) is 0 Å². The van der Waals surface area contributed by atoms with E-state index < -0.39 is 33.2 Å². The molecule has 0 saturated heterocycles. The summed E-state index contributed by atoms with van der Waals surface area (Å²) in [5, 5.41) is 0. The number of hydrogen-bond donors (Lipinski definition) is 0. The van der Waals surface area contributed by atoms with Crippen molar-refractivity contribution in [3.8, 4) is 5.88 Å². The van der Waals surface area contributed by atoms with Gasteiger partial charge in [-0.1, -0.05) is 0 Å². The molecule has 0 radical (unpaired) electrons. The number of aromatic nitrogens is 1. The third kappa shape index (κ3) is 4.74. The van der Waals surface area contributed by atoms with E-state index in [-0.39, 0.29) is 13.1 Å². The highest BCUT2D eigenvalue weighted by atomic mass is 32.2. The normalized spacial score (nSPS) is 15.5. The maximum atomic E-state index is 12.3. The van der Waals surface area contributed by atoms with Crippen LogP contribution in [0.15, 0.2) is 12.3 Å². The minimum atomic E-state index is -5.77. The largest absolute Gasteiger partial charge is 0.534 e. The highest BCUT2D eigenvalue weighted by molar-refractivity contribution is 7.87. The van der Waals surface area contributed by atoms with Gasteiger partial charge in [-0.2, -0.15) is 21.6 Å². The standard InChI is InChI=1S/C14H17F3N2O5S/c1-13(2,3)23-12(20)19-5-4-9-6-11(18-7-10(9)8-19)24-25(21,22)14(15,16)17/h6-7H,4-5,8H2,1-3H3. The van der Waals surface area contributed by atoms with Gasteiger partial charge in [0.15, 0.2) is 0 Å². The number of hydrogen-bond acceptors (Lipinski definition) is 6. The Morgan fingerprint density at radius 1 is 1.24 bits per heavy atom. The van der Waals surface area contributed by atoms with Crippen LogP contribution >= 0.6 is 0 Å². The molecule has 1 aromatic heterocycles. The Hall–Kier alpha value is -2.04. The monoisotopic (exact) mass is 382 g/mol. The molecular formula is C14H17F3N2O5S. The average molecular weight is 382 g/mol. The Morgan fingerprint density at radius 2 is 1.88 bits per heavy atom. The summed E-state index contributed by atoms with van der Waals surface area (Å²) in [7, 11) is -5.77. The Bertz CT molecular complexity index is 772. The van der Waals surface area contributed by atoms with Crippen LogP contribution in [-0.2, 0) is 27.8 Å². The molecule has 140 valence electrons. The molecule has 2 heterocycles. The third-order valence-corrected chi connectivity index (χ3v) is 4.16. The lowest BCUT2D eigenvalue weighted by Gasteiger charge is -2.31. The first-order chi connectivity index (χ1) is 11.3. The van der Waals surface area contributed by atoms with Crippen molar-refractivity contribution in [3.63, 3.8) is 0 Å². The lowest BCUT2D eigenvalue weighted by molar-refractivity contribution is -0.0501. The second-order valence-electron chi connectivity index (χ2n) is 6.43. The summed E-state index contributed by atoms with van der Waals surface area (Å²) < 4.78 is 68.3. The second kappa shape index (κ2) is 6.36. The van der Waals surface area contributed by atoms with E-state index in [1.54, 1.807) is 20.8 Å². The SMILES string of the molecule is CC(C)(C)OC(=O)N1CCc2cc(OS(=O)(=O)C(F)(F)F)ncc2C1. The van der Waals surface area contributed by atoms with Crippen LogP contribution in [0.1, 0.15) is 31.9 Å². The van der Waals surface area contributed by atoms with Gasteiger partial charge in [-0.05, 0) is 38.3 Å². The second-order valence-corrected chi connectivity index (χ2v) is 7.96. The first-order valence-corrected chi connectivity index (χ1v) is 8.66. The van der Waals surface area contributed by atoms with Gasteiger partial charge >= 0.3 is 21.7 Å². The van der Waals surface area contributed by atoms with E-state index >= 15 is 0 Å². The van der Waals surface area contributed by atoms with E-state index in [1.165, 1.54) is 11.1 Å². The Kier molecular flexibility index (Phi) is 4.90. The zero-order valence-electron chi connectivity index (χ0n) is 13.8. The first kappa shape index (κ1) is 19.3. The van der Waals surface area contributed by atoms with Gasteiger partial charge in [-0.25, -0.2) is 9.78 Å². The van der Waals surface area contributed by atoms with Crippen LogP contribution in [0.3, 0.4) is 0 Å². The van der Waals surface area contributed by atoms with Gasteiger partial charge < -0.3 is 13.8 Å². The van der Waals surface area contributed by atoms with Crippen molar-refractivity contribution in [2.75, 3.05) is 6.54 Å². The average Bonchev–Trinajstić information content (AvgIpc) is 2.43. The maximum Gasteiger partial charge on any atom is 0.534 e. The lowest BCUT2D eigenvalue weighted by atomic mass is 10.0. The van der Waals surface area contributed by atoms with Crippen LogP contribution in [0.4, 0.5) is 18.0 Å². The molecule has 1 amide bonds. The fourth-order valence-electron chi connectivity index (χ4n) is 2.11. The van der Waals surface area contributed by atoms with E-state index in [2.05, 4.69) is 9.17 Å². The van der Waals surface area contributed by atoms with Gasteiger partial charge in [0.25, 0.3) is 0 Å². The minimum absolute atomic E-state index is 0.156. The van der Waals surface area contributed by atoms with Crippen LogP contribution in [0.5, 0.6) is 5.88 Å². The number of rotatable bonds is 2. The van der Waals surface area contributed by atoms with Crippen LogP contribution in [0.25, 0.3) is 0 Å². The number of amides is 1. The van der Waals surface area contributed by atoms with Gasteiger partial charge in [0.05, 0.1) is 6.54 Å². The van der Waals surface area contributed by atoms with Crippen molar-refractivity contribution in [2.24, 2.45) is 0 Å². The molecule has 0 aliphatic carbocycles. The van der Waals surface area contributed by atoms with Gasteiger partial charge in [-0.15, -0.1) is 0 Å². The molecule has 11 heteroatoms. The number of nitrogens with zero attached hydrogens (tertiary/aromatic N) is 2. The maximum absolute atomic E-state index is 12.3. The number of carbonyl (C=O) groups excluding carboxylic acids is 1. The zero-order valence-corrected chi connectivity index (χ0v) is 14.6. The molecule has 0 saturated carbocycles. The minimum Gasteiger partial charge on any atom is -0.444 e. The molecule has 0 fully saturated rings. The van der Waals surface area contributed by atoms with Crippen LogP contribution in [-0.4, -0.2) is 42.0 Å². The predicted molar refractivity (Wildman–Crippen MR) is 80.2 cm³/mol. The van der Waals surface area contributed by atoms with E-state index in [1.807, 2.05) is 0 Å². The van der Waals surface area contributed by atoms with Crippen LogP contribution < -0.4 is 4.18 Å². The van der Waals surface area contributed by atoms with E-state index in [4.69, 9.17) is 4.74 Å². The van der Waals surface area contributed by atoms with E-state index in [0.717, 1.165) is 6.07 Å². The summed E-state index contributed by atoms with van der Waals surface area (Å²) in [6.07, 6.45) is 0.977. The molecule has 7 nitrogen and oxygen atoms in total. The number of fused-ring (bicyclic) bond motifs is 1. The highest BCUT2D eigenvalue weighted by Gasteiger charge is 2.49. The molecule has 1 aromatic rings. The Morgan fingerprint density at radius 3 is 2.44 bits per heavy atom. The topological polar surface area (TPSA) is 85.8 Å². The fraction of sp³-hybridized carbons (Fsp3) is 0.571. The summed E-state index contributed by atoms with van der Waals surface area (Å²) >= 11 is 0. The Balaban J connectivity index is 2.13. The molecule has 0 aromatic carbocycles. The molecule has 1 aliphatic rings. The third-order valence-electron chi connectivity index (χ3n) is 3.20. The van der Waals surface area contributed by atoms with E-state index in [0.29, 0.717) is 17.5 Å². The van der Waals surface area contributed by atoms with Crippen molar-refractivity contribution in [1.29, 1.82) is 0 Å². The molecule has 0 spiro atoms. The van der Waals surface area contributed by atoms with Crippen molar-refractivity contribution < 1.29 is 35.3 Å². The molecule has 0 unspecified atom stereocenters. The molecule has 1 aliphatic heterocycles. The quantitative estimate of drug-likeness (QED) is 0.577. The van der Waals surface area contributed by atoms with Crippen molar-refractivity contribution in [2.45, 2.75) is 44.8 Å². The molecule has 0 atom stereocenters. The van der Waals surface area contributed by atoms with Crippen molar-refractivity contribution in [1.82, 2.24) is 9.88 Å². The lowest BCUT2D eigenvalue weighted by Crippen LogP contribution is -2.40. The fourth-order valence-corrected chi connectivity index (χ4v) is 2.52. The summed E-state index contributed by atoms with van der Waals surface area (Å²) in [6.45, 7) is 5.63. The highest BCUT2D eigenvalue weighted by Crippen LogP contribution is 2.28. The van der Waals surface area contributed by atoms with Crippen molar-refractivity contribution in [3.05, 3.63) is 23.4 Å². The van der Waals surface area contributed by atoms with Crippen LogP contribution in [0.2, 0.25) is 0 Å². The molecular weight excluding hydrogens is 365 g/mol.